The van der Waals surface area contributed by atoms with Gasteiger partial charge < -0.3 is 10.2 Å². The second kappa shape index (κ2) is 8.75. The molecule has 2 aromatic heterocycles. The first-order valence-electron chi connectivity index (χ1n) is 11.6. The van der Waals surface area contributed by atoms with Gasteiger partial charge in [0.25, 0.3) is 5.91 Å². The Balaban J connectivity index is 1.15. The number of carbonyl (C=O) groups excluding carboxylic acids is 1. The van der Waals surface area contributed by atoms with Crippen LogP contribution in [0.15, 0.2) is 28.1 Å². The van der Waals surface area contributed by atoms with Gasteiger partial charge in [0.05, 0.1) is 21.3 Å². The number of amides is 1. The lowest BCUT2D eigenvalue weighted by Crippen LogP contribution is -2.45. The van der Waals surface area contributed by atoms with Gasteiger partial charge in [-0.1, -0.05) is 49.9 Å². The molecule has 1 aliphatic carbocycles. The van der Waals surface area contributed by atoms with Crippen molar-refractivity contribution in [2.75, 3.05) is 19.6 Å². The quantitative estimate of drug-likeness (QED) is 0.760. The molecule has 2 aliphatic heterocycles. The molecule has 1 N–H and O–H groups in total. The normalized spacial score (nSPS) is 21.0. The fourth-order valence-electron chi connectivity index (χ4n) is 5.22. The molecule has 1 saturated heterocycles. The minimum absolute atomic E-state index is 0.0597. The van der Waals surface area contributed by atoms with E-state index in [0.29, 0.717) is 0 Å². The summed E-state index contributed by atoms with van der Waals surface area (Å²) in [7, 11) is 0. The summed E-state index contributed by atoms with van der Waals surface area (Å²) >= 11 is 1.55. The lowest BCUT2D eigenvalue weighted by molar-refractivity contribution is -0.117. The van der Waals surface area contributed by atoms with Crippen molar-refractivity contribution in [3.05, 3.63) is 34.5 Å². The van der Waals surface area contributed by atoms with Gasteiger partial charge in [0.1, 0.15) is 5.65 Å². The highest BCUT2D eigenvalue weighted by Gasteiger charge is 2.26. The van der Waals surface area contributed by atoms with Crippen LogP contribution in [0.5, 0.6) is 0 Å². The van der Waals surface area contributed by atoms with Gasteiger partial charge in [-0.15, -0.1) is 0 Å². The van der Waals surface area contributed by atoms with Crippen LogP contribution in [0, 0.1) is 12.8 Å². The van der Waals surface area contributed by atoms with E-state index in [2.05, 4.69) is 25.7 Å². The summed E-state index contributed by atoms with van der Waals surface area (Å²) in [6, 6.07) is 6.38. The minimum atomic E-state index is 0.0597. The van der Waals surface area contributed by atoms with Gasteiger partial charge in [-0.05, 0) is 56.9 Å². The highest BCUT2D eigenvalue weighted by Crippen LogP contribution is 2.36. The van der Waals surface area contributed by atoms with E-state index in [4.69, 9.17) is 0 Å². The fraction of sp³-hybridized carbons (Fsp3) is 0.583. The van der Waals surface area contributed by atoms with Crippen molar-refractivity contribution in [1.29, 1.82) is 0 Å². The number of piperidine rings is 1. The second-order valence-corrected chi connectivity index (χ2v) is 10.2. The topological polar surface area (TPSA) is 49.6 Å². The molecule has 6 heteroatoms. The van der Waals surface area contributed by atoms with Crippen LogP contribution < -0.4 is 5.32 Å². The highest BCUT2D eigenvalue weighted by atomic mass is 32.2. The minimum Gasteiger partial charge on any atom is -0.349 e. The van der Waals surface area contributed by atoms with Gasteiger partial charge in [0, 0.05) is 19.1 Å². The lowest BCUT2D eigenvalue weighted by atomic mass is 9.87. The Bertz CT molecular complexity index is 952. The monoisotopic (exact) mass is 424 g/mol. The molecule has 1 saturated carbocycles. The Morgan fingerprint density at radius 3 is 2.77 bits per heavy atom. The Morgan fingerprint density at radius 1 is 1.17 bits per heavy atom. The predicted molar refractivity (Wildman–Crippen MR) is 123 cm³/mol. The number of nitrogens with one attached hydrogen (secondary N) is 1. The fourth-order valence-corrected chi connectivity index (χ4v) is 6.20. The Morgan fingerprint density at radius 2 is 1.97 bits per heavy atom. The molecular formula is C24H32N4OS. The van der Waals surface area contributed by atoms with Crippen LogP contribution in [0.25, 0.3) is 11.7 Å². The van der Waals surface area contributed by atoms with Crippen LogP contribution in [0.2, 0.25) is 0 Å². The number of carbonyl (C=O) groups is 1. The van der Waals surface area contributed by atoms with Crippen molar-refractivity contribution in [3.63, 3.8) is 0 Å². The van der Waals surface area contributed by atoms with Gasteiger partial charge >= 0.3 is 0 Å². The number of thioether (sulfide) groups is 1. The van der Waals surface area contributed by atoms with Crippen molar-refractivity contribution in [1.82, 2.24) is 19.6 Å². The van der Waals surface area contributed by atoms with Crippen LogP contribution in [-0.4, -0.2) is 45.9 Å². The number of pyridine rings is 1. The summed E-state index contributed by atoms with van der Waals surface area (Å²) < 4.78 is 2.14. The molecule has 0 spiro atoms. The highest BCUT2D eigenvalue weighted by molar-refractivity contribution is 8.04. The molecule has 1 amide bonds. The van der Waals surface area contributed by atoms with E-state index in [9.17, 15) is 4.79 Å². The smallest absolute Gasteiger partial charge is 0.258 e. The first kappa shape index (κ1) is 20.1. The number of hydrogen-bond donors (Lipinski definition) is 1. The maximum Gasteiger partial charge on any atom is 0.258 e. The first-order valence-corrected chi connectivity index (χ1v) is 12.4. The van der Waals surface area contributed by atoms with Crippen molar-refractivity contribution >= 4 is 29.4 Å². The summed E-state index contributed by atoms with van der Waals surface area (Å²) in [6.45, 7) is 5.46. The zero-order valence-electron chi connectivity index (χ0n) is 17.9. The zero-order chi connectivity index (χ0) is 20.5. The third-order valence-electron chi connectivity index (χ3n) is 7.03. The molecule has 0 atom stereocenters. The lowest BCUT2D eigenvalue weighted by Gasteiger charge is -2.34. The Kier molecular flexibility index (Phi) is 5.87. The molecule has 5 rings (SSSR count). The van der Waals surface area contributed by atoms with Crippen LogP contribution in [0.3, 0.4) is 0 Å². The summed E-state index contributed by atoms with van der Waals surface area (Å²) in [5, 5.41) is 4.37. The third-order valence-corrected chi connectivity index (χ3v) is 8.09. The molecule has 160 valence electrons. The van der Waals surface area contributed by atoms with Gasteiger partial charge in [-0.25, -0.2) is 4.98 Å². The van der Waals surface area contributed by atoms with Crippen molar-refractivity contribution in [2.45, 2.75) is 69.4 Å². The van der Waals surface area contributed by atoms with E-state index in [1.54, 1.807) is 11.8 Å². The van der Waals surface area contributed by atoms with Crippen LogP contribution in [0.4, 0.5) is 0 Å². The van der Waals surface area contributed by atoms with Gasteiger partial charge in [0.2, 0.25) is 0 Å². The average molecular weight is 425 g/mol. The standard InChI is InChI=1S/C24H32N4OS/c1-17-20-16-21(30-23-9-5-8-22(25-17)28(20)23)24(29)26-19-11-14-27(15-12-19)13-10-18-6-3-2-4-7-18/h5,8-9,16,18-19H,2-4,6-7,10-15H2,1H3,(H,26,29). The summed E-state index contributed by atoms with van der Waals surface area (Å²) in [6.07, 6.45) is 12.6. The molecule has 5 nitrogen and oxygen atoms in total. The van der Waals surface area contributed by atoms with E-state index in [-0.39, 0.29) is 11.9 Å². The van der Waals surface area contributed by atoms with Crippen molar-refractivity contribution in [3.8, 4) is 0 Å². The van der Waals surface area contributed by atoms with E-state index in [0.717, 1.165) is 58.8 Å². The predicted octanol–water partition coefficient (Wildman–Crippen LogP) is 4.64. The van der Waals surface area contributed by atoms with Gasteiger partial charge in [0.15, 0.2) is 0 Å². The number of rotatable bonds is 5. The molecule has 0 radical (unpaired) electrons. The SMILES string of the molecule is Cc1nc2cccc3n2c1C=C(C(=O)NC1CCN(CCC2CCCCC2)CC1)S3. The second-order valence-electron chi connectivity index (χ2n) is 9.13. The average Bonchev–Trinajstić information content (AvgIpc) is 3.11. The maximum absolute atomic E-state index is 13.0. The summed E-state index contributed by atoms with van der Waals surface area (Å²) in [5.74, 6) is 1.01. The van der Waals surface area contributed by atoms with Crippen LogP contribution >= 0.6 is 11.8 Å². The third kappa shape index (κ3) is 4.17. The molecular weight excluding hydrogens is 392 g/mol. The number of nitrogens with zero attached hydrogens (tertiary/aromatic N) is 3. The molecule has 0 aromatic carbocycles. The number of aromatic nitrogens is 2. The van der Waals surface area contributed by atoms with Crippen molar-refractivity contribution in [2.24, 2.45) is 5.92 Å². The maximum atomic E-state index is 13.0. The molecule has 2 fully saturated rings. The van der Waals surface area contributed by atoms with Gasteiger partial charge in [-0.2, -0.15) is 0 Å². The first-order chi connectivity index (χ1) is 14.7. The molecule has 30 heavy (non-hydrogen) atoms. The molecule has 0 unspecified atom stereocenters. The van der Waals surface area contributed by atoms with E-state index in [1.165, 1.54) is 45.1 Å². The molecule has 4 heterocycles. The molecule has 0 bridgehead atoms. The van der Waals surface area contributed by atoms with Crippen molar-refractivity contribution < 1.29 is 4.79 Å². The van der Waals surface area contributed by atoms with Crippen LogP contribution in [-0.2, 0) is 4.79 Å². The number of hydrogen-bond acceptors (Lipinski definition) is 4. The summed E-state index contributed by atoms with van der Waals surface area (Å²) in [4.78, 5) is 21.0. The Labute approximate surface area is 183 Å². The van der Waals surface area contributed by atoms with E-state index < -0.39 is 0 Å². The molecule has 3 aliphatic rings. The van der Waals surface area contributed by atoms with E-state index >= 15 is 0 Å². The largest absolute Gasteiger partial charge is 0.349 e. The summed E-state index contributed by atoms with van der Waals surface area (Å²) in [5.41, 5.74) is 2.95. The number of aryl methyl sites for hydroxylation is 1. The molecule has 2 aromatic rings. The number of imidazole rings is 1. The van der Waals surface area contributed by atoms with Crippen LogP contribution in [0.1, 0.15) is 62.8 Å². The zero-order valence-corrected chi connectivity index (χ0v) is 18.7. The number of likely N-dealkylation sites (tertiary alicyclic amines) is 1. The van der Waals surface area contributed by atoms with E-state index in [1.807, 2.05) is 25.1 Å². The Hall–Kier alpha value is -1.79. The van der Waals surface area contributed by atoms with Gasteiger partial charge in [-0.3, -0.25) is 9.20 Å².